The molecule has 0 bridgehead atoms. The minimum Gasteiger partial charge on any atom is -0.480 e. The number of carbonyl (C=O) groups is 1. The smallest absolute Gasteiger partial charge is 0.323 e. The second-order valence-electron chi connectivity index (χ2n) is 6.70. The van der Waals surface area contributed by atoms with Crippen LogP contribution >= 0.6 is 0 Å². The monoisotopic (exact) mass is 282 g/mol. The standard InChI is InChI=1S/C15H26N2O3/c1-20-13-3-2-8-17(10-13)12-6-7-15(9-12,14(18)19)16-11-4-5-11/h11-13,16H,2-10H2,1H3,(H,18,19). The number of hydrogen-bond acceptors (Lipinski definition) is 4. The van der Waals surface area contributed by atoms with Crippen molar-refractivity contribution in [3.05, 3.63) is 0 Å². The van der Waals surface area contributed by atoms with Gasteiger partial charge in [0.2, 0.25) is 0 Å². The molecule has 0 amide bonds. The molecule has 5 nitrogen and oxygen atoms in total. The van der Waals surface area contributed by atoms with Gasteiger partial charge in [0, 0.05) is 25.7 Å². The molecule has 3 fully saturated rings. The van der Waals surface area contributed by atoms with Crippen molar-refractivity contribution < 1.29 is 14.6 Å². The van der Waals surface area contributed by atoms with Crippen molar-refractivity contribution in [1.82, 2.24) is 10.2 Å². The Morgan fingerprint density at radius 3 is 2.80 bits per heavy atom. The average Bonchev–Trinajstić information content (AvgIpc) is 3.15. The van der Waals surface area contributed by atoms with Gasteiger partial charge in [0.05, 0.1) is 6.10 Å². The van der Waals surface area contributed by atoms with Crippen LogP contribution in [0.4, 0.5) is 0 Å². The molecule has 2 saturated carbocycles. The number of hydrogen-bond donors (Lipinski definition) is 2. The Bertz CT molecular complexity index is 372. The Labute approximate surface area is 120 Å². The zero-order chi connectivity index (χ0) is 14.2. The van der Waals surface area contributed by atoms with Crippen LogP contribution in [-0.4, -0.2) is 59.9 Å². The first kappa shape index (κ1) is 14.3. The summed E-state index contributed by atoms with van der Waals surface area (Å²) in [5.74, 6) is -0.660. The van der Waals surface area contributed by atoms with E-state index in [1.165, 1.54) is 0 Å². The fourth-order valence-corrected chi connectivity index (χ4v) is 3.83. The van der Waals surface area contributed by atoms with Gasteiger partial charge in [-0.15, -0.1) is 0 Å². The molecule has 5 heteroatoms. The van der Waals surface area contributed by atoms with E-state index in [0.717, 1.165) is 58.0 Å². The minimum atomic E-state index is -0.675. The van der Waals surface area contributed by atoms with Crippen LogP contribution in [0.5, 0.6) is 0 Å². The molecule has 0 aromatic carbocycles. The lowest BCUT2D eigenvalue weighted by molar-refractivity contribution is -0.145. The summed E-state index contributed by atoms with van der Waals surface area (Å²) in [5.41, 5.74) is -0.675. The van der Waals surface area contributed by atoms with Gasteiger partial charge in [-0.25, -0.2) is 0 Å². The number of nitrogens with zero attached hydrogens (tertiary/aromatic N) is 1. The van der Waals surface area contributed by atoms with Crippen molar-refractivity contribution in [2.24, 2.45) is 0 Å². The first-order chi connectivity index (χ1) is 9.63. The van der Waals surface area contributed by atoms with Crippen molar-refractivity contribution in [3.8, 4) is 0 Å². The Hall–Kier alpha value is -0.650. The van der Waals surface area contributed by atoms with Gasteiger partial charge in [-0.3, -0.25) is 15.0 Å². The first-order valence-electron chi connectivity index (χ1n) is 7.91. The highest BCUT2D eigenvalue weighted by Crippen LogP contribution is 2.37. The summed E-state index contributed by atoms with van der Waals surface area (Å²) >= 11 is 0. The summed E-state index contributed by atoms with van der Waals surface area (Å²) < 4.78 is 5.48. The third-order valence-corrected chi connectivity index (χ3v) is 5.21. The molecule has 1 saturated heterocycles. The molecule has 1 heterocycles. The predicted molar refractivity (Wildman–Crippen MR) is 75.8 cm³/mol. The highest BCUT2D eigenvalue weighted by atomic mass is 16.5. The third kappa shape index (κ3) is 2.85. The number of carboxylic acid groups (broad SMARTS) is 1. The summed E-state index contributed by atoms with van der Waals surface area (Å²) in [7, 11) is 1.78. The maximum absolute atomic E-state index is 11.7. The van der Waals surface area contributed by atoms with Crippen LogP contribution in [0.1, 0.15) is 44.9 Å². The van der Waals surface area contributed by atoms with Crippen molar-refractivity contribution in [3.63, 3.8) is 0 Å². The van der Waals surface area contributed by atoms with E-state index in [2.05, 4.69) is 10.2 Å². The second kappa shape index (κ2) is 5.62. The van der Waals surface area contributed by atoms with Crippen LogP contribution in [-0.2, 0) is 9.53 Å². The molecule has 2 N–H and O–H groups in total. The Morgan fingerprint density at radius 1 is 1.35 bits per heavy atom. The fourth-order valence-electron chi connectivity index (χ4n) is 3.83. The molecule has 3 unspecified atom stereocenters. The van der Waals surface area contributed by atoms with Crippen molar-refractivity contribution in [1.29, 1.82) is 0 Å². The zero-order valence-electron chi connectivity index (χ0n) is 12.3. The molecular formula is C15H26N2O3. The van der Waals surface area contributed by atoms with Crippen molar-refractivity contribution in [2.45, 2.75) is 68.7 Å². The quantitative estimate of drug-likeness (QED) is 0.794. The second-order valence-corrected chi connectivity index (χ2v) is 6.70. The van der Waals surface area contributed by atoms with Gasteiger partial charge in [-0.1, -0.05) is 0 Å². The van der Waals surface area contributed by atoms with E-state index in [4.69, 9.17) is 4.74 Å². The van der Waals surface area contributed by atoms with Crippen LogP contribution in [0.25, 0.3) is 0 Å². The summed E-state index contributed by atoms with van der Waals surface area (Å²) in [6, 6.07) is 0.841. The number of methoxy groups -OCH3 is 1. The van der Waals surface area contributed by atoms with Crippen molar-refractivity contribution >= 4 is 5.97 Å². The predicted octanol–water partition coefficient (Wildman–Crippen LogP) is 1.23. The number of nitrogens with one attached hydrogen (secondary N) is 1. The van der Waals surface area contributed by atoms with E-state index < -0.39 is 11.5 Å². The number of carboxylic acids is 1. The molecule has 3 rings (SSSR count). The molecule has 0 radical (unpaired) electrons. The third-order valence-electron chi connectivity index (χ3n) is 5.21. The topological polar surface area (TPSA) is 61.8 Å². The van der Waals surface area contributed by atoms with Crippen LogP contribution in [0.2, 0.25) is 0 Å². The Kier molecular flexibility index (Phi) is 4.02. The van der Waals surface area contributed by atoms with Gasteiger partial charge in [-0.2, -0.15) is 0 Å². The Morgan fingerprint density at radius 2 is 2.15 bits per heavy atom. The lowest BCUT2D eigenvalue weighted by Gasteiger charge is -2.37. The van der Waals surface area contributed by atoms with Gasteiger partial charge >= 0.3 is 5.97 Å². The lowest BCUT2D eigenvalue weighted by atomic mass is 9.96. The lowest BCUT2D eigenvalue weighted by Crippen LogP contribution is -2.53. The zero-order valence-corrected chi connectivity index (χ0v) is 12.3. The highest BCUT2D eigenvalue weighted by Gasteiger charge is 2.49. The van der Waals surface area contributed by atoms with E-state index in [1.807, 2.05) is 0 Å². The molecule has 0 aromatic heterocycles. The van der Waals surface area contributed by atoms with E-state index in [1.54, 1.807) is 7.11 Å². The summed E-state index contributed by atoms with van der Waals surface area (Å²) in [4.78, 5) is 14.2. The molecule has 0 spiro atoms. The van der Waals surface area contributed by atoms with Gasteiger partial charge in [0.25, 0.3) is 0 Å². The van der Waals surface area contributed by atoms with Crippen molar-refractivity contribution in [2.75, 3.05) is 20.2 Å². The van der Waals surface area contributed by atoms with E-state index in [-0.39, 0.29) is 0 Å². The van der Waals surface area contributed by atoms with E-state index >= 15 is 0 Å². The molecule has 1 aliphatic heterocycles. The highest BCUT2D eigenvalue weighted by molar-refractivity contribution is 5.79. The molecule has 20 heavy (non-hydrogen) atoms. The van der Waals surface area contributed by atoms with Crippen LogP contribution in [0.15, 0.2) is 0 Å². The van der Waals surface area contributed by atoms with E-state index in [9.17, 15) is 9.90 Å². The number of piperidine rings is 1. The molecular weight excluding hydrogens is 256 g/mol. The van der Waals surface area contributed by atoms with Gasteiger partial charge in [-0.05, 0) is 51.5 Å². The molecule has 114 valence electrons. The average molecular weight is 282 g/mol. The minimum absolute atomic E-state index is 0.319. The van der Waals surface area contributed by atoms with Crippen LogP contribution in [0.3, 0.4) is 0 Å². The number of rotatable bonds is 5. The van der Waals surface area contributed by atoms with Crippen LogP contribution in [0, 0.1) is 0 Å². The molecule has 3 atom stereocenters. The normalized spacial score (nSPS) is 39.0. The number of likely N-dealkylation sites (tertiary alicyclic amines) is 1. The first-order valence-corrected chi connectivity index (χ1v) is 7.91. The summed E-state index contributed by atoms with van der Waals surface area (Å²) in [6.07, 6.45) is 7.37. The number of aliphatic carboxylic acids is 1. The summed E-state index contributed by atoms with van der Waals surface area (Å²) in [6.45, 7) is 2.05. The van der Waals surface area contributed by atoms with Crippen LogP contribution < -0.4 is 5.32 Å². The van der Waals surface area contributed by atoms with E-state index in [0.29, 0.717) is 18.2 Å². The fraction of sp³-hybridized carbons (Fsp3) is 0.933. The van der Waals surface area contributed by atoms with Gasteiger partial charge in [0.15, 0.2) is 0 Å². The molecule has 2 aliphatic carbocycles. The maximum Gasteiger partial charge on any atom is 0.323 e. The summed E-state index contributed by atoms with van der Waals surface area (Å²) in [5, 5.41) is 13.1. The Balaban J connectivity index is 1.63. The molecule has 0 aromatic rings. The largest absolute Gasteiger partial charge is 0.480 e. The van der Waals surface area contributed by atoms with Gasteiger partial charge < -0.3 is 9.84 Å². The van der Waals surface area contributed by atoms with Gasteiger partial charge in [0.1, 0.15) is 5.54 Å². The number of ether oxygens (including phenoxy) is 1. The maximum atomic E-state index is 11.7. The molecule has 3 aliphatic rings. The SMILES string of the molecule is COC1CCCN(C2CCC(NC3CC3)(C(=O)O)C2)C1.